The molecule has 4 rings (SSSR count). The Morgan fingerprint density at radius 3 is 2.41 bits per heavy atom. The molecule has 32 heavy (non-hydrogen) atoms. The lowest BCUT2D eigenvalue weighted by Gasteiger charge is -2.12. The third-order valence-electron chi connectivity index (χ3n) is 4.93. The molecule has 0 aliphatic heterocycles. The molecule has 0 aliphatic rings. The van der Waals surface area contributed by atoms with Crippen LogP contribution in [-0.2, 0) is 6.54 Å². The molecule has 0 spiro atoms. The summed E-state index contributed by atoms with van der Waals surface area (Å²) in [6.07, 6.45) is 0. The number of nitrogens with one attached hydrogen (secondary N) is 2. The van der Waals surface area contributed by atoms with Crippen molar-refractivity contribution in [3.05, 3.63) is 102 Å². The number of anilines is 2. The van der Waals surface area contributed by atoms with Crippen LogP contribution in [0.25, 0.3) is 0 Å². The van der Waals surface area contributed by atoms with Gasteiger partial charge < -0.3 is 15.4 Å². The van der Waals surface area contributed by atoms with Crippen molar-refractivity contribution < 1.29 is 9.13 Å². The van der Waals surface area contributed by atoms with E-state index in [4.69, 9.17) is 17.0 Å². The van der Waals surface area contributed by atoms with Crippen molar-refractivity contribution in [3.63, 3.8) is 0 Å². The highest BCUT2D eigenvalue weighted by molar-refractivity contribution is 7.80. The number of ether oxygens (including phenoxy) is 1. The molecular formula is C25H23FN4OS. The minimum Gasteiger partial charge on any atom is -0.457 e. The van der Waals surface area contributed by atoms with Crippen LogP contribution in [0.4, 0.5) is 15.8 Å². The van der Waals surface area contributed by atoms with Crippen LogP contribution in [0.2, 0.25) is 0 Å². The fourth-order valence-corrected chi connectivity index (χ4v) is 3.57. The summed E-state index contributed by atoms with van der Waals surface area (Å²) in [6, 6.07) is 23.7. The van der Waals surface area contributed by atoms with Gasteiger partial charge in [-0.2, -0.15) is 5.10 Å². The topological polar surface area (TPSA) is 51.1 Å². The summed E-state index contributed by atoms with van der Waals surface area (Å²) in [5.74, 6) is 1.28. The second kappa shape index (κ2) is 9.62. The Hall–Kier alpha value is -3.71. The van der Waals surface area contributed by atoms with Crippen LogP contribution in [0.3, 0.4) is 0 Å². The molecule has 3 aromatic carbocycles. The Kier molecular flexibility index (Phi) is 6.47. The molecule has 5 nitrogen and oxygen atoms in total. The molecule has 0 bridgehead atoms. The molecule has 4 aromatic rings. The predicted molar refractivity (Wildman–Crippen MR) is 130 cm³/mol. The van der Waals surface area contributed by atoms with E-state index in [1.54, 1.807) is 12.1 Å². The number of nitrogens with zero attached hydrogens (tertiary/aromatic N) is 2. The molecular weight excluding hydrogens is 423 g/mol. The van der Waals surface area contributed by atoms with E-state index in [0.717, 1.165) is 34.1 Å². The minimum atomic E-state index is -0.291. The molecule has 7 heteroatoms. The van der Waals surface area contributed by atoms with E-state index in [2.05, 4.69) is 15.7 Å². The minimum absolute atomic E-state index is 0.291. The number of aromatic nitrogens is 2. The number of halogens is 1. The average molecular weight is 447 g/mol. The number of para-hydroxylation sites is 1. The first-order chi connectivity index (χ1) is 15.5. The lowest BCUT2D eigenvalue weighted by atomic mass is 10.2. The van der Waals surface area contributed by atoms with E-state index in [1.165, 1.54) is 12.1 Å². The molecule has 0 unspecified atom stereocenters. The van der Waals surface area contributed by atoms with Crippen molar-refractivity contribution in [2.75, 3.05) is 10.6 Å². The van der Waals surface area contributed by atoms with Crippen LogP contribution in [0.5, 0.6) is 11.5 Å². The van der Waals surface area contributed by atoms with Crippen LogP contribution in [0.1, 0.15) is 17.0 Å². The van der Waals surface area contributed by atoms with Crippen molar-refractivity contribution in [2.45, 2.75) is 20.4 Å². The second-order valence-electron chi connectivity index (χ2n) is 7.35. The van der Waals surface area contributed by atoms with Crippen LogP contribution in [0.15, 0.2) is 78.9 Å². The fraction of sp³-hybridized carbons (Fsp3) is 0.120. The van der Waals surface area contributed by atoms with Gasteiger partial charge in [-0.3, -0.25) is 4.68 Å². The zero-order valence-electron chi connectivity index (χ0n) is 17.8. The third-order valence-corrected chi connectivity index (χ3v) is 5.14. The first-order valence-corrected chi connectivity index (χ1v) is 10.6. The summed E-state index contributed by atoms with van der Waals surface area (Å²) in [5.41, 5.74) is 4.42. The highest BCUT2D eigenvalue weighted by atomic mass is 32.1. The van der Waals surface area contributed by atoms with Crippen LogP contribution >= 0.6 is 12.2 Å². The zero-order chi connectivity index (χ0) is 22.5. The standard InChI is InChI=1S/C25H23FN4OS/c1-17-24(28-25(32)27-21-13-11-20(26)12-14-21)18(2)30(29-17)16-19-7-6-10-23(15-19)31-22-8-4-3-5-9-22/h3-15H,16H2,1-2H3,(H2,27,28,32). The largest absolute Gasteiger partial charge is 0.457 e. The molecule has 1 aromatic heterocycles. The molecule has 0 fully saturated rings. The second-order valence-corrected chi connectivity index (χ2v) is 7.76. The number of thiocarbonyl (C=S) groups is 1. The van der Waals surface area contributed by atoms with Gasteiger partial charge in [0, 0.05) is 5.69 Å². The van der Waals surface area contributed by atoms with E-state index in [1.807, 2.05) is 73.1 Å². The van der Waals surface area contributed by atoms with Gasteiger partial charge in [-0.15, -0.1) is 0 Å². The number of aryl methyl sites for hydroxylation is 1. The van der Waals surface area contributed by atoms with Crippen molar-refractivity contribution in [3.8, 4) is 11.5 Å². The molecule has 162 valence electrons. The van der Waals surface area contributed by atoms with E-state index >= 15 is 0 Å². The molecule has 0 amide bonds. The Labute approximate surface area is 191 Å². The zero-order valence-corrected chi connectivity index (χ0v) is 18.6. The lowest BCUT2D eigenvalue weighted by Crippen LogP contribution is -2.20. The van der Waals surface area contributed by atoms with Crippen molar-refractivity contribution in [1.82, 2.24) is 9.78 Å². The van der Waals surface area contributed by atoms with E-state index in [-0.39, 0.29) is 5.82 Å². The van der Waals surface area contributed by atoms with Crippen molar-refractivity contribution >= 4 is 28.7 Å². The first-order valence-electron chi connectivity index (χ1n) is 10.2. The molecule has 0 atom stereocenters. The quantitative estimate of drug-likeness (QED) is 0.341. The first kappa shape index (κ1) is 21.5. The number of hydrogen-bond donors (Lipinski definition) is 2. The van der Waals surface area contributed by atoms with Gasteiger partial charge in [-0.25, -0.2) is 4.39 Å². The predicted octanol–water partition coefficient (Wildman–Crippen LogP) is 6.29. The number of hydrogen-bond acceptors (Lipinski definition) is 3. The van der Waals surface area contributed by atoms with E-state index in [9.17, 15) is 4.39 Å². The normalized spacial score (nSPS) is 10.6. The van der Waals surface area contributed by atoms with E-state index < -0.39 is 0 Å². The summed E-state index contributed by atoms with van der Waals surface area (Å²) in [7, 11) is 0. The Morgan fingerprint density at radius 1 is 0.938 bits per heavy atom. The summed E-state index contributed by atoms with van der Waals surface area (Å²) >= 11 is 5.42. The van der Waals surface area contributed by atoms with Gasteiger partial charge in [0.1, 0.15) is 17.3 Å². The molecule has 0 saturated heterocycles. The van der Waals surface area contributed by atoms with Gasteiger partial charge in [-0.1, -0.05) is 30.3 Å². The smallest absolute Gasteiger partial charge is 0.175 e. The van der Waals surface area contributed by atoms with Crippen molar-refractivity contribution in [1.29, 1.82) is 0 Å². The van der Waals surface area contributed by atoms with Gasteiger partial charge in [0.15, 0.2) is 5.11 Å². The molecule has 0 saturated carbocycles. The molecule has 2 N–H and O–H groups in total. The van der Waals surface area contributed by atoms with Gasteiger partial charge in [-0.05, 0) is 80.2 Å². The molecule has 0 radical (unpaired) electrons. The van der Waals surface area contributed by atoms with Gasteiger partial charge in [0.2, 0.25) is 0 Å². The molecule has 0 aliphatic carbocycles. The maximum atomic E-state index is 13.1. The maximum absolute atomic E-state index is 13.1. The summed E-state index contributed by atoms with van der Waals surface area (Å²) in [6.45, 7) is 4.52. The highest BCUT2D eigenvalue weighted by Gasteiger charge is 2.13. The molecule has 1 heterocycles. The lowest BCUT2D eigenvalue weighted by molar-refractivity contribution is 0.481. The average Bonchev–Trinajstić information content (AvgIpc) is 3.03. The third kappa shape index (κ3) is 5.31. The number of benzene rings is 3. The van der Waals surface area contributed by atoms with Crippen molar-refractivity contribution in [2.24, 2.45) is 0 Å². The SMILES string of the molecule is Cc1nn(Cc2cccc(Oc3ccccc3)c2)c(C)c1NC(=S)Nc1ccc(F)cc1. The van der Waals surface area contributed by atoms with Crippen LogP contribution < -0.4 is 15.4 Å². The van der Waals surface area contributed by atoms with Gasteiger partial charge >= 0.3 is 0 Å². The highest BCUT2D eigenvalue weighted by Crippen LogP contribution is 2.24. The number of rotatable bonds is 6. The van der Waals surface area contributed by atoms with E-state index in [0.29, 0.717) is 17.3 Å². The van der Waals surface area contributed by atoms with Crippen LogP contribution in [-0.4, -0.2) is 14.9 Å². The summed E-state index contributed by atoms with van der Waals surface area (Å²) in [4.78, 5) is 0. The Morgan fingerprint density at radius 2 is 1.66 bits per heavy atom. The summed E-state index contributed by atoms with van der Waals surface area (Å²) < 4.78 is 21.0. The summed E-state index contributed by atoms with van der Waals surface area (Å²) in [5, 5.41) is 11.4. The van der Waals surface area contributed by atoms with Gasteiger partial charge in [0.05, 0.1) is 23.6 Å². The monoisotopic (exact) mass is 446 g/mol. The Balaban J connectivity index is 1.45. The van der Waals surface area contributed by atoms with Crippen LogP contribution in [0, 0.1) is 19.7 Å². The maximum Gasteiger partial charge on any atom is 0.175 e. The Bertz CT molecular complexity index is 1220. The van der Waals surface area contributed by atoms with Gasteiger partial charge in [0.25, 0.3) is 0 Å². The fourth-order valence-electron chi connectivity index (χ4n) is 3.35.